The molecule has 0 amide bonds. The van der Waals surface area contributed by atoms with Crippen LogP contribution in [0.15, 0.2) is 12.1 Å². The van der Waals surface area contributed by atoms with Crippen LogP contribution in [-0.2, 0) is 0 Å². The van der Waals surface area contributed by atoms with Crippen molar-refractivity contribution >= 4 is 11.6 Å². The molecule has 0 saturated heterocycles. The Labute approximate surface area is 86.8 Å². The number of rotatable bonds is 3. The molecule has 4 N–H and O–H groups in total. The Balaban J connectivity index is 3.00. The first-order valence-electron chi connectivity index (χ1n) is 4.10. The SMILES string of the molecule is CNCC(O)c1cc(O)c(O)c(Cl)c1. The lowest BCUT2D eigenvalue weighted by atomic mass is 10.1. The van der Waals surface area contributed by atoms with Crippen LogP contribution >= 0.6 is 11.6 Å². The molecule has 1 aromatic rings. The maximum absolute atomic E-state index is 9.55. The largest absolute Gasteiger partial charge is 0.504 e. The highest BCUT2D eigenvalue weighted by Gasteiger charge is 2.12. The molecule has 1 unspecified atom stereocenters. The normalized spacial score (nSPS) is 12.8. The molecule has 0 spiro atoms. The monoisotopic (exact) mass is 217 g/mol. The lowest BCUT2D eigenvalue weighted by Crippen LogP contribution is -2.16. The molecule has 0 saturated carbocycles. The Bertz CT molecular complexity index is 307. The summed E-state index contributed by atoms with van der Waals surface area (Å²) >= 11 is 5.62. The summed E-state index contributed by atoms with van der Waals surface area (Å²) in [5, 5.41) is 30.7. The maximum Gasteiger partial charge on any atom is 0.176 e. The van der Waals surface area contributed by atoms with Crippen LogP contribution < -0.4 is 5.32 Å². The predicted octanol–water partition coefficient (Wildman–Crippen LogP) is 1.00. The second-order valence-corrected chi connectivity index (χ2v) is 3.35. The van der Waals surface area contributed by atoms with Crippen molar-refractivity contribution in [1.29, 1.82) is 0 Å². The lowest BCUT2D eigenvalue weighted by Gasteiger charge is -2.11. The highest BCUT2D eigenvalue weighted by atomic mass is 35.5. The van der Waals surface area contributed by atoms with E-state index in [0.717, 1.165) is 0 Å². The van der Waals surface area contributed by atoms with Crippen LogP contribution in [0, 0.1) is 0 Å². The Kier molecular flexibility index (Phi) is 3.57. The third kappa shape index (κ3) is 2.29. The molecular weight excluding hydrogens is 206 g/mol. The zero-order valence-electron chi connectivity index (χ0n) is 7.66. The highest BCUT2D eigenvalue weighted by molar-refractivity contribution is 6.32. The van der Waals surface area contributed by atoms with Crippen molar-refractivity contribution < 1.29 is 15.3 Å². The summed E-state index contributed by atoms with van der Waals surface area (Å²) in [7, 11) is 1.70. The van der Waals surface area contributed by atoms with Crippen molar-refractivity contribution in [2.45, 2.75) is 6.10 Å². The summed E-state index contributed by atoms with van der Waals surface area (Å²) < 4.78 is 0. The Morgan fingerprint density at radius 2 is 2.07 bits per heavy atom. The van der Waals surface area contributed by atoms with Gasteiger partial charge in [0.05, 0.1) is 11.1 Å². The van der Waals surface area contributed by atoms with E-state index in [1.54, 1.807) is 7.05 Å². The van der Waals surface area contributed by atoms with Gasteiger partial charge in [0.25, 0.3) is 0 Å². The van der Waals surface area contributed by atoms with Gasteiger partial charge in [-0.3, -0.25) is 0 Å². The number of phenolic OH excluding ortho intramolecular Hbond substituents is 2. The fraction of sp³-hybridized carbons (Fsp3) is 0.333. The molecule has 78 valence electrons. The fourth-order valence-electron chi connectivity index (χ4n) is 1.11. The van der Waals surface area contributed by atoms with E-state index in [0.29, 0.717) is 12.1 Å². The number of benzene rings is 1. The number of halogens is 1. The topological polar surface area (TPSA) is 72.7 Å². The number of phenols is 2. The molecule has 0 aromatic heterocycles. The van der Waals surface area contributed by atoms with Crippen molar-refractivity contribution in [3.8, 4) is 11.5 Å². The minimum atomic E-state index is -0.760. The first-order chi connectivity index (χ1) is 6.56. The van der Waals surface area contributed by atoms with E-state index in [4.69, 9.17) is 16.7 Å². The molecule has 0 radical (unpaired) electrons. The van der Waals surface area contributed by atoms with Crippen LogP contribution in [-0.4, -0.2) is 28.9 Å². The number of likely N-dealkylation sites (N-methyl/N-ethyl adjacent to an activating group) is 1. The van der Waals surface area contributed by atoms with E-state index < -0.39 is 6.10 Å². The summed E-state index contributed by atoms with van der Waals surface area (Å²) in [5.74, 6) is -0.699. The van der Waals surface area contributed by atoms with Crippen molar-refractivity contribution in [3.63, 3.8) is 0 Å². The van der Waals surface area contributed by atoms with E-state index in [-0.39, 0.29) is 16.5 Å². The van der Waals surface area contributed by atoms with Crippen LogP contribution in [0.25, 0.3) is 0 Å². The highest BCUT2D eigenvalue weighted by Crippen LogP contribution is 2.35. The fourth-order valence-corrected chi connectivity index (χ4v) is 1.33. The van der Waals surface area contributed by atoms with Crippen LogP contribution in [0.1, 0.15) is 11.7 Å². The Hall–Kier alpha value is -0.970. The first-order valence-corrected chi connectivity index (χ1v) is 4.48. The number of hydrogen-bond donors (Lipinski definition) is 4. The number of aromatic hydroxyl groups is 2. The molecule has 0 heterocycles. The van der Waals surface area contributed by atoms with E-state index in [9.17, 15) is 10.2 Å². The second-order valence-electron chi connectivity index (χ2n) is 2.94. The first kappa shape index (κ1) is 11.1. The van der Waals surface area contributed by atoms with Gasteiger partial charge in [0, 0.05) is 6.54 Å². The molecule has 1 rings (SSSR count). The van der Waals surface area contributed by atoms with Gasteiger partial charge in [0.15, 0.2) is 11.5 Å². The molecule has 0 aliphatic rings. The maximum atomic E-state index is 9.55. The van der Waals surface area contributed by atoms with Gasteiger partial charge in [-0.1, -0.05) is 11.6 Å². The Morgan fingerprint density at radius 1 is 1.43 bits per heavy atom. The second kappa shape index (κ2) is 4.50. The molecule has 0 aliphatic carbocycles. The molecule has 1 aromatic carbocycles. The van der Waals surface area contributed by atoms with Crippen LogP contribution in [0.4, 0.5) is 0 Å². The molecule has 0 aliphatic heterocycles. The van der Waals surface area contributed by atoms with Crippen LogP contribution in [0.5, 0.6) is 11.5 Å². The predicted molar refractivity (Wildman–Crippen MR) is 53.7 cm³/mol. The molecule has 0 fully saturated rings. The zero-order chi connectivity index (χ0) is 10.7. The third-order valence-corrected chi connectivity index (χ3v) is 2.14. The number of hydrogen-bond acceptors (Lipinski definition) is 4. The molecular formula is C9H12ClNO3. The van der Waals surface area contributed by atoms with E-state index >= 15 is 0 Å². The summed E-state index contributed by atoms with van der Waals surface area (Å²) in [5.41, 5.74) is 0.458. The number of aliphatic hydroxyl groups is 1. The quantitative estimate of drug-likeness (QED) is 0.570. The van der Waals surface area contributed by atoms with Gasteiger partial charge in [0.1, 0.15) is 0 Å². The smallest absolute Gasteiger partial charge is 0.176 e. The average Bonchev–Trinajstić information content (AvgIpc) is 2.13. The van der Waals surface area contributed by atoms with Crippen LogP contribution in [0.3, 0.4) is 0 Å². The standard InChI is InChI=1S/C9H12ClNO3/c1-11-4-8(13)5-2-6(10)9(14)7(12)3-5/h2-3,8,11-14H,4H2,1H3. The van der Waals surface area contributed by atoms with E-state index in [1.807, 2.05) is 0 Å². The average molecular weight is 218 g/mol. The lowest BCUT2D eigenvalue weighted by molar-refractivity contribution is 0.177. The number of aliphatic hydroxyl groups excluding tert-OH is 1. The molecule has 4 nitrogen and oxygen atoms in total. The van der Waals surface area contributed by atoms with E-state index in [2.05, 4.69) is 5.32 Å². The summed E-state index contributed by atoms with van der Waals surface area (Å²) in [6, 6.07) is 2.70. The van der Waals surface area contributed by atoms with Crippen LogP contribution in [0.2, 0.25) is 5.02 Å². The molecule has 1 atom stereocenters. The van der Waals surface area contributed by atoms with Crippen molar-refractivity contribution in [1.82, 2.24) is 5.32 Å². The molecule has 14 heavy (non-hydrogen) atoms. The van der Waals surface area contributed by atoms with Crippen molar-refractivity contribution in [2.75, 3.05) is 13.6 Å². The van der Waals surface area contributed by atoms with Gasteiger partial charge in [-0.05, 0) is 24.7 Å². The Morgan fingerprint density at radius 3 is 2.57 bits per heavy atom. The minimum absolute atomic E-state index is 0.0233. The summed E-state index contributed by atoms with van der Waals surface area (Å²) in [6.07, 6.45) is -0.760. The van der Waals surface area contributed by atoms with Gasteiger partial charge >= 0.3 is 0 Å². The van der Waals surface area contributed by atoms with Crippen molar-refractivity contribution in [2.24, 2.45) is 0 Å². The minimum Gasteiger partial charge on any atom is -0.504 e. The van der Waals surface area contributed by atoms with Gasteiger partial charge < -0.3 is 20.6 Å². The van der Waals surface area contributed by atoms with Gasteiger partial charge in [0.2, 0.25) is 0 Å². The third-order valence-electron chi connectivity index (χ3n) is 1.85. The summed E-state index contributed by atoms with van der Waals surface area (Å²) in [4.78, 5) is 0. The molecule has 0 bridgehead atoms. The summed E-state index contributed by atoms with van der Waals surface area (Å²) in [6.45, 7) is 0.348. The number of nitrogens with one attached hydrogen (secondary N) is 1. The van der Waals surface area contributed by atoms with Crippen molar-refractivity contribution in [3.05, 3.63) is 22.7 Å². The van der Waals surface area contributed by atoms with Gasteiger partial charge in [-0.25, -0.2) is 0 Å². The zero-order valence-corrected chi connectivity index (χ0v) is 8.41. The van der Waals surface area contributed by atoms with Gasteiger partial charge in [-0.15, -0.1) is 0 Å². The van der Waals surface area contributed by atoms with Gasteiger partial charge in [-0.2, -0.15) is 0 Å². The van der Waals surface area contributed by atoms with E-state index in [1.165, 1.54) is 12.1 Å². The molecule has 5 heteroatoms.